The van der Waals surface area contributed by atoms with Crippen LogP contribution in [0.5, 0.6) is 0 Å². The molecule has 1 aromatic carbocycles. The van der Waals surface area contributed by atoms with E-state index in [1.165, 1.54) is 6.07 Å². The summed E-state index contributed by atoms with van der Waals surface area (Å²) in [7, 11) is 1.54. The fraction of sp³-hybridized carbons (Fsp3) is 0.462. The van der Waals surface area contributed by atoms with Crippen molar-refractivity contribution >= 4 is 5.97 Å². The molecule has 0 unspecified atom stereocenters. The summed E-state index contributed by atoms with van der Waals surface area (Å²) in [6, 6.07) is 4.45. The first-order valence-electron chi connectivity index (χ1n) is 5.91. The van der Waals surface area contributed by atoms with Crippen molar-refractivity contribution in [2.75, 3.05) is 7.05 Å². The van der Waals surface area contributed by atoms with E-state index in [1.807, 2.05) is 0 Å². The Kier molecular flexibility index (Phi) is 5.35. The van der Waals surface area contributed by atoms with E-state index in [1.54, 1.807) is 13.1 Å². The minimum atomic E-state index is -4.34. The largest absolute Gasteiger partial charge is 0.480 e. The van der Waals surface area contributed by atoms with Gasteiger partial charge in [0, 0.05) is 0 Å². The van der Waals surface area contributed by atoms with Gasteiger partial charge in [0.1, 0.15) is 6.04 Å². The summed E-state index contributed by atoms with van der Waals surface area (Å²) in [5, 5.41) is 11.5. The first-order valence-corrected chi connectivity index (χ1v) is 5.91. The van der Waals surface area contributed by atoms with Crippen LogP contribution in [0.2, 0.25) is 0 Å². The maximum absolute atomic E-state index is 12.5. The van der Waals surface area contributed by atoms with E-state index in [0.717, 1.165) is 12.1 Å². The zero-order chi connectivity index (χ0) is 14.5. The zero-order valence-electron chi connectivity index (χ0n) is 10.5. The van der Waals surface area contributed by atoms with Gasteiger partial charge in [-0.25, -0.2) is 0 Å². The number of benzene rings is 1. The molecule has 3 nitrogen and oxygen atoms in total. The molecule has 1 atom stereocenters. The Bertz CT molecular complexity index is 432. The monoisotopic (exact) mass is 275 g/mol. The number of hydrogen-bond donors (Lipinski definition) is 2. The molecule has 0 saturated heterocycles. The smallest absolute Gasteiger partial charge is 0.416 e. The number of carboxylic acids is 1. The number of alkyl halides is 3. The molecule has 0 bridgehead atoms. The van der Waals surface area contributed by atoms with Gasteiger partial charge in [0.25, 0.3) is 0 Å². The van der Waals surface area contributed by atoms with Crippen molar-refractivity contribution in [2.24, 2.45) is 0 Å². The molecule has 0 radical (unpaired) electrons. The Morgan fingerprint density at radius 2 is 2.11 bits per heavy atom. The molecule has 1 aromatic rings. The Balaban J connectivity index is 2.57. The lowest BCUT2D eigenvalue weighted by Gasteiger charge is -2.11. The third-order valence-corrected chi connectivity index (χ3v) is 2.86. The molecule has 0 aliphatic carbocycles. The third-order valence-electron chi connectivity index (χ3n) is 2.86. The average Bonchev–Trinajstić information content (AvgIpc) is 2.33. The van der Waals surface area contributed by atoms with Gasteiger partial charge in [0.2, 0.25) is 0 Å². The van der Waals surface area contributed by atoms with E-state index in [2.05, 4.69) is 5.32 Å². The standard InChI is InChI=1S/C13H16F3NO2/c1-17-11(12(18)19)7-3-5-9-4-2-6-10(8-9)13(14,15)16/h2,4,6,8,11,17H,3,5,7H2,1H3,(H,18,19)/t11-/m0/s1. The van der Waals surface area contributed by atoms with Crippen molar-refractivity contribution < 1.29 is 23.1 Å². The van der Waals surface area contributed by atoms with E-state index in [-0.39, 0.29) is 0 Å². The molecule has 1 rings (SSSR count). The molecular formula is C13H16F3NO2. The van der Waals surface area contributed by atoms with Gasteiger partial charge >= 0.3 is 12.1 Å². The van der Waals surface area contributed by atoms with Crippen LogP contribution in [0.3, 0.4) is 0 Å². The lowest BCUT2D eigenvalue weighted by Crippen LogP contribution is -2.33. The van der Waals surface area contributed by atoms with Crippen LogP contribution in [0, 0.1) is 0 Å². The second kappa shape index (κ2) is 6.56. The first kappa shape index (κ1) is 15.5. The molecule has 0 amide bonds. The van der Waals surface area contributed by atoms with Gasteiger partial charge in [-0.2, -0.15) is 13.2 Å². The normalized spacial score (nSPS) is 13.3. The summed E-state index contributed by atoms with van der Waals surface area (Å²) in [4.78, 5) is 10.7. The van der Waals surface area contributed by atoms with Gasteiger partial charge in [-0.05, 0) is 37.9 Å². The molecule has 0 aliphatic heterocycles. The van der Waals surface area contributed by atoms with Gasteiger partial charge in [0.15, 0.2) is 0 Å². The molecule has 0 aliphatic rings. The summed E-state index contributed by atoms with van der Waals surface area (Å²) in [5.41, 5.74) is -0.108. The van der Waals surface area contributed by atoms with Crippen molar-refractivity contribution in [3.8, 4) is 0 Å². The first-order chi connectivity index (χ1) is 8.84. The van der Waals surface area contributed by atoms with Gasteiger partial charge < -0.3 is 10.4 Å². The van der Waals surface area contributed by atoms with Gasteiger partial charge in [-0.15, -0.1) is 0 Å². The predicted molar refractivity (Wildman–Crippen MR) is 64.9 cm³/mol. The molecular weight excluding hydrogens is 259 g/mol. The predicted octanol–water partition coefficient (Wildman–Crippen LogP) is 2.70. The zero-order valence-corrected chi connectivity index (χ0v) is 10.5. The number of carboxylic acid groups (broad SMARTS) is 1. The van der Waals surface area contributed by atoms with Crippen LogP contribution in [0.1, 0.15) is 24.0 Å². The lowest BCUT2D eigenvalue weighted by atomic mass is 10.0. The molecule has 0 fully saturated rings. The van der Waals surface area contributed by atoms with E-state index >= 15 is 0 Å². The number of aliphatic carboxylic acids is 1. The lowest BCUT2D eigenvalue weighted by molar-refractivity contribution is -0.139. The fourth-order valence-corrected chi connectivity index (χ4v) is 1.80. The molecule has 0 heterocycles. The second-order valence-electron chi connectivity index (χ2n) is 4.27. The number of likely N-dealkylation sites (N-methyl/N-ethyl adjacent to an activating group) is 1. The Hall–Kier alpha value is -1.56. The minimum absolute atomic E-state index is 0.377. The highest BCUT2D eigenvalue weighted by Gasteiger charge is 2.30. The summed E-state index contributed by atoms with van der Waals surface area (Å²) in [6.07, 6.45) is -3.03. The summed E-state index contributed by atoms with van der Waals surface area (Å²) in [6.45, 7) is 0. The van der Waals surface area contributed by atoms with E-state index in [0.29, 0.717) is 24.8 Å². The summed E-state index contributed by atoms with van der Waals surface area (Å²) < 4.78 is 37.5. The van der Waals surface area contributed by atoms with Crippen LogP contribution in [0.25, 0.3) is 0 Å². The van der Waals surface area contributed by atoms with Crippen LogP contribution in [0.15, 0.2) is 24.3 Å². The summed E-state index contributed by atoms with van der Waals surface area (Å²) >= 11 is 0. The molecule has 2 N–H and O–H groups in total. The van der Waals surface area contributed by atoms with E-state index < -0.39 is 23.8 Å². The molecule has 0 spiro atoms. The Labute approximate surface area is 109 Å². The van der Waals surface area contributed by atoms with Crippen LogP contribution in [-0.4, -0.2) is 24.2 Å². The highest BCUT2D eigenvalue weighted by molar-refractivity contribution is 5.73. The van der Waals surface area contributed by atoms with Crippen molar-refractivity contribution in [3.05, 3.63) is 35.4 Å². The fourth-order valence-electron chi connectivity index (χ4n) is 1.80. The van der Waals surface area contributed by atoms with E-state index in [4.69, 9.17) is 5.11 Å². The maximum atomic E-state index is 12.5. The van der Waals surface area contributed by atoms with Gasteiger partial charge in [-0.3, -0.25) is 4.79 Å². The van der Waals surface area contributed by atoms with Gasteiger partial charge in [0.05, 0.1) is 5.56 Å². The van der Waals surface area contributed by atoms with Gasteiger partial charge in [-0.1, -0.05) is 18.2 Å². The van der Waals surface area contributed by atoms with Crippen molar-refractivity contribution in [1.29, 1.82) is 0 Å². The molecule has 0 saturated carbocycles. The molecule has 0 aromatic heterocycles. The van der Waals surface area contributed by atoms with Crippen molar-refractivity contribution in [2.45, 2.75) is 31.5 Å². The molecule has 106 valence electrons. The SMILES string of the molecule is CN[C@@H](CCCc1cccc(C(F)(F)F)c1)C(=O)O. The molecule has 6 heteroatoms. The van der Waals surface area contributed by atoms with Crippen molar-refractivity contribution in [3.63, 3.8) is 0 Å². The highest BCUT2D eigenvalue weighted by Crippen LogP contribution is 2.29. The number of carbonyl (C=O) groups is 1. The second-order valence-corrected chi connectivity index (χ2v) is 4.27. The van der Waals surface area contributed by atoms with Crippen molar-refractivity contribution in [1.82, 2.24) is 5.32 Å². The topological polar surface area (TPSA) is 49.3 Å². The highest BCUT2D eigenvalue weighted by atomic mass is 19.4. The Morgan fingerprint density at radius 1 is 1.42 bits per heavy atom. The van der Waals surface area contributed by atoms with Crippen LogP contribution in [-0.2, 0) is 17.4 Å². The summed E-state index contributed by atoms with van der Waals surface area (Å²) in [5.74, 6) is -0.952. The number of aryl methyl sites for hydroxylation is 1. The maximum Gasteiger partial charge on any atom is 0.416 e. The quantitative estimate of drug-likeness (QED) is 0.839. The van der Waals surface area contributed by atoms with Crippen LogP contribution in [0.4, 0.5) is 13.2 Å². The minimum Gasteiger partial charge on any atom is -0.480 e. The van der Waals surface area contributed by atoms with Crippen LogP contribution >= 0.6 is 0 Å². The Morgan fingerprint density at radius 3 is 2.63 bits per heavy atom. The molecule has 19 heavy (non-hydrogen) atoms. The number of rotatable bonds is 6. The third kappa shape index (κ3) is 4.90. The van der Waals surface area contributed by atoms with E-state index in [9.17, 15) is 18.0 Å². The van der Waals surface area contributed by atoms with Crippen LogP contribution < -0.4 is 5.32 Å². The number of nitrogens with one attached hydrogen (secondary N) is 1. The number of halogens is 3. The average molecular weight is 275 g/mol. The number of hydrogen-bond acceptors (Lipinski definition) is 2.